The van der Waals surface area contributed by atoms with E-state index in [1.807, 2.05) is 53.2 Å². The molecule has 3 aromatic rings. The Morgan fingerprint density at radius 2 is 1.89 bits per heavy atom. The zero-order valence-corrected chi connectivity index (χ0v) is 16.2. The smallest absolute Gasteiger partial charge is 0.224 e. The molecule has 2 aromatic carbocycles. The van der Waals surface area contributed by atoms with Gasteiger partial charge in [-0.25, -0.2) is 0 Å². The summed E-state index contributed by atoms with van der Waals surface area (Å²) in [6, 6.07) is 14.0. The van der Waals surface area contributed by atoms with E-state index >= 15 is 0 Å². The minimum atomic E-state index is -0.0143. The van der Waals surface area contributed by atoms with E-state index in [1.165, 1.54) is 0 Å². The van der Waals surface area contributed by atoms with E-state index in [2.05, 4.69) is 17.1 Å². The van der Waals surface area contributed by atoms with E-state index in [0.29, 0.717) is 13.0 Å². The Balaban J connectivity index is 1.69. The maximum atomic E-state index is 12.8. The van der Waals surface area contributed by atoms with Crippen molar-refractivity contribution in [1.29, 1.82) is 0 Å². The molecular weight excluding hydrogens is 360 g/mol. The highest BCUT2D eigenvalue weighted by atomic mass is 32.2. The third kappa shape index (κ3) is 3.49. The van der Waals surface area contributed by atoms with Gasteiger partial charge in [-0.15, -0.1) is 11.8 Å². The summed E-state index contributed by atoms with van der Waals surface area (Å²) in [5.74, 6) is 2.46. The Hall–Kier alpha value is -2.60. The Kier molecular flexibility index (Phi) is 4.99. The van der Waals surface area contributed by atoms with Crippen LogP contribution in [0.5, 0.6) is 11.5 Å². The lowest BCUT2D eigenvalue weighted by atomic mass is 10.1. The molecule has 1 aliphatic rings. The van der Waals surface area contributed by atoms with Crippen molar-refractivity contribution in [3.63, 3.8) is 0 Å². The number of nitrogens with zero attached hydrogens (tertiary/aromatic N) is 1. The number of ether oxygens (including phenoxy) is 2. The Morgan fingerprint density at radius 1 is 1.15 bits per heavy atom. The van der Waals surface area contributed by atoms with Crippen molar-refractivity contribution in [1.82, 2.24) is 9.88 Å². The molecule has 1 unspecified atom stereocenters. The summed E-state index contributed by atoms with van der Waals surface area (Å²) < 4.78 is 10.8. The molecule has 6 heteroatoms. The number of hydrogen-bond donors (Lipinski definition) is 1. The van der Waals surface area contributed by atoms with E-state index in [9.17, 15) is 4.79 Å². The average Bonchev–Trinajstić information content (AvgIpc) is 3.13. The Labute approximate surface area is 162 Å². The molecular formula is C21H22N2O3S. The van der Waals surface area contributed by atoms with Crippen LogP contribution in [-0.2, 0) is 11.3 Å². The van der Waals surface area contributed by atoms with Gasteiger partial charge in [-0.05, 0) is 23.8 Å². The van der Waals surface area contributed by atoms with Gasteiger partial charge in [0.1, 0.15) is 16.9 Å². The summed E-state index contributed by atoms with van der Waals surface area (Å²) in [4.78, 5) is 18.1. The number of methoxy groups -OCH3 is 2. The van der Waals surface area contributed by atoms with Crippen LogP contribution >= 0.6 is 11.8 Å². The van der Waals surface area contributed by atoms with Gasteiger partial charge in [0.25, 0.3) is 0 Å². The zero-order valence-electron chi connectivity index (χ0n) is 15.4. The summed E-state index contributed by atoms with van der Waals surface area (Å²) in [6.45, 7) is 0.517. The lowest BCUT2D eigenvalue weighted by Crippen LogP contribution is -2.36. The standard InChI is InChI=1S/C21H22N2O3S/c1-25-15-9-14(10-16(11-15)26-2)13-23-20(24)7-8-27-21(23)18-12-22-19-6-4-3-5-17(18)19/h3-6,9-12,21-22H,7-8,13H2,1-2H3. The number of aromatic nitrogens is 1. The molecule has 0 saturated carbocycles. The number of aromatic amines is 1. The fraction of sp³-hybridized carbons (Fsp3) is 0.286. The molecule has 1 amide bonds. The minimum Gasteiger partial charge on any atom is -0.497 e. The zero-order chi connectivity index (χ0) is 18.8. The van der Waals surface area contributed by atoms with E-state index in [-0.39, 0.29) is 11.3 Å². The van der Waals surface area contributed by atoms with E-state index in [0.717, 1.165) is 39.3 Å². The van der Waals surface area contributed by atoms with E-state index < -0.39 is 0 Å². The van der Waals surface area contributed by atoms with Gasteiger partial charge >= 0.3 is 0 Å². The summed E-state index contributed by atoms with van der Waals surface area (Å²) in [5, 5.41) is 1.15. The number of carbonyl (C=O) groups excluding carboxylic acids is 1. The highest BCUT2D eigenvalue weighted by Crippen LogP contribution is 2.41. The first-order valence-electron chi connectivity index (χ1n) is 8.88. The molecule has 1 fully saturated rings. The summed E-state index contributed by atoms with van der Waals surface area (Å²) in [7, 11) is 3.27. The van der Waals surface area contributed by atoms with Gasteiger partial charge in [0, 0.05) is 47.4 Å². The van der Waals surface area contributed by atoms with Crippen LogP contribution in [0.1, 0.15) is 22.9 Å². The first-order chi connectivity index (χ1) is 13.2. The molecule has 1 N–H and O–H groups in total. The van der Waals surface area contributed by atoms with Crippen LogP contribution in [0.2, 0.25) is 0 Å². The topological polar surface area (TPSA) is 54.6 Å². The molecule has 1 aliphatic heterocycles. The monoisotopic (exact) mass is 382 g/mol. The molecule has 1 aromatic heterocycles. The number of fused-ring (bicyclic) bond motifs is 1. The van der Waals surface area contributed by atoms with Gasteiger partial charge in [-0.1, -0.05) is 18.2 Å². The van der Waals surface area contributed by atoms with Crippen LogP contribution in [0.25, 0.3) is 10.9 Å². The van der Waals surface area contributed by atoms with E-state index in [4.69, 9.17) is 9.47 Å². The minimum absolute atomic E-state index is 0.0143. The van der Waals surface area contributed by atoms with Gasteiger partial charge in [-0.3, -0.25) is 4.79 Å². The van der Waals surface area contributed by atoms with Crippen LogP contribution in [0, 0.1) is 0 Å². The number of thioether (sulfide) groups is 1. The number of H-pyrrole nitrogens is 1. The number of rotatable bonds is 5. The molecule has 4 rings (SSSR count). The lowest BCUT2D eigenvalue weighted by molar-refractivity contribution is -0.132. The first-order valence-corrected chi connectivity index (χ1v) is 9.93. The highest BCUT2D eigenvalue weighted by Gasteiger charge is 2.31. The predicted octanol–water partition coefficient (Wildman–Crippen LogP) is 4.35. The van der Waals surface area contributed by atoms with Gasteiger partial charge in [0.15, 0.2) is 0 Å². The third-order valence-corrected chi connectivity index (χ3v) is 6.11. The van der Waals surface area contributed by atoms with Crippen LogP contribution in [0.15, 0.2) is 48.7 Å². The van der Waals surface area contributed by atoms with Crippen molar-refractivity contribution >= 4 is 28.6 Å². The molecule has 5 nitrogen and oxygen atoms in total. The number of para-hydroxylation sites is 1. The van der Waals surface area contributed by atoms with Crippen molar-refractivity contribution in [2.75, 3.05) is 20.0 Å². The quantitative estimate of drug-likeness (QED) is 0.713. The van der Waals surface area contributed by atoms with Crippen molar-refractivity contribution in [2.24, 2.45) is 0 Å². The fourth-order valence-corrected chi connectivity index (χ4v) is 4.77. The number of carbonyl (C=O) groups is 1. The van der Waals surface area contributed by atoms with Crippen LogP contribution < -0.4 is 9.47 Å². The predicted molar refractivity (Wildman–Crippen MR) is 108 cm³/mol. The number of hydrogen-bond acceptors (Lipinski definition) is 4. The summed E-state index contributed by atoms with van der Waals surface area (Å²) in [6.07, 6.45) is 2.59. The van der Waals surface area contributed by atoms with Crippen LogP contribution in [0.3, 0.4) is 0 Å². The molecule has 2 heterocycles. The molecule has 0 radical (unpaired) electrons. The third-order valence-electron chi connectivity index (χ3n) is 4.85. The molecule has 140 valence electrons. The first kappa shape index (κ1) is 17.8. The molecule has 1 saturated heterocycles. The molecule has 27 heavy (non-hydrogen) atoms. The van der Waals surface area contributed by atoms with Crippen molar-refractivity contribution < 1.29 is 14.3 Å². The van der Waals surface area contributed by atoms with Gasteiger partial charge in [0.05, 0.1) is 14.2 Å². The normalized spacial score (nSPS) is 17.3. The van der Waals surface area contributed by atoms with Crippen molar-refractivity contribution in [3.05, 3.63) is 59.8 Å². The largest absolute Gasteiger partial charge is 0.497 e. The number of amides is 1. The lowest BCUT2D eigenvalue weighted by Gasteiger charge is -2.35. The summed E-state index contributed by atoms with van der Waals surface area (Å²) in [5.41, 5.74) is 3.24. The molecule has 0 bridgehead atoms. The van der Waals surface area contributed by atoms with Gasteiger partial charge in [0.2, 0.25) is 5.91 Å². The number of nitrogens with one attached hydrogen (secondary N) is 1. The van der Waals surface area contributed by atoms with Crippen molar-refractivity contribution in [2.45, 2.75) is 18.3 Å². The second-order valence-corrected chi connectivity index (χ2v) is 7.69. The molecule has 0 spiro atoms. The fourth-order valence-electron chi connectivity index (χ4n) is 3.50. The van der Waals surface area contributed by atoms with Crippen LogP contribution in [-0.4, -0.2) is 35.8 Å². The van der Waals surface area contributed by atoms with Gasteiger partial charge < -0.3 is 19.4 Å². The van der Waals surface area contributed by atoms with Crippen molar-refractivity contribution in [3.8, 4) is 11.5 Å². The maximum Gasteiger partial charge on any atom is 0.224 e. The molecule has 0 aliphatic carbocycles. The second kappa shape index (κ2) is 7.56. The van der Waals surface area contributed by atoms with Crippen LogP contribution in [0.4, 0.5) is 0 Å². The SMILES string of the molecule is COc1cc(CN2C(=O)CCSC2c2c[nH]c3ccccc23)cc(OC)c1. The summed E-state index contributed by atoms with van der Waals surface area (Å²) >= 11 is 1.81. The Bertz CT molecular complexity index is 947. The number of benzene rings is 2. The van der Waals surface area contributed by atoms with E-state index in [1.54, 1.807) is 14.2 Å². The molecule has 1 atom stereocenters. The average molecular weight is 382 g/mol. The highest BCUT2D eigenvalue weighted by molar-refractivity contribution is 7.99. The second-order valence-electron chi connectivity index (χ2n) is 6.51. The Morgan fingerprint density at radius 3 is 2.63 bits per heavy atom. The maximum absolute atomic E-state index is 12.8. The van der Waals surface area contributed by atoms with Gasteiger partial charge in [-0.2, -0.15) is 0 Å².